The first-order chi connectivity index (χ1) is 26.6. The van der Waals surface area contributed by atoms with E-state index in [-0.39, 0.29) is 38.2 Å². The zero-order valence-corrected chi connectivity index (χ0v) is 33.4. The van der Waals surface area contributed by atoms with Gasteiger partial charge < -0.3 is 52.6 Å². The predicted octanol–water partition coefficient (Wildman–Crippen LogP) is 0.643. The van der Waals surface area contributed by atoms with Gasteiger partial charge >= 0.3 is 18.0 Å². The minimum atomic E-state index is -1.36. The lowest BCUT2D eigenvalue weighted by atomic mass is 10.0. The number of carbonyl (C=O) groups is 7. The summed E-state index contributed by atoms with van der Waals surface area (Å²) in [6.45, 7) is 9.63. The third-order valence-corrected chi connectivity index (χ3v) is 7.75. The molecule has 0 bridgehead atoms. The normalized spacial score (nSPS) is 13.5. The van der Waals surface area contributed by atoms with Crippen LogP contribution in [0.2, 0.25) is 0 Å². The molecule has 10 N–H and O–H groups in total. The summed E-state index contributed by atoms with van der Waals surface area (Å²) in [5, 5.41) is 21.9. The average Bonchev–Trinajstić information content (AvgIpc) is 3.10. The number of nitrogens with two attached hydrogens (primary N) is 2. The van der Waals surface area contributed by atoms with E-state index in [0.29, 0.717) is 24.1 Å². The number of nitrogens with one attached hydrogen (secondary N) is 5. The van der Waals surface area contributed by atoms with Gasteiger partial charge in [0.15, 0.2) is 0 Å². The highest BCUT2D eigenvalue weighted by molar-refractivity contribution is 5.95. The minimum Gasteiger partial charge on any atom is -0.480 e. The highest BCUT2D eigenvalue weighted by atomic mass is 16.6. The van der Waals surface area contributed by atoms with Gasteiger partial charge in [0.05, 0.1) is 12.5 Å². The molecule has 0 radical (unpaired) electrons. The lowest BCUT2D eigenvalue weighted by Gasteiger charge is -2.26. The van der Waals surface area contributed by atoms with Gasteiger partial charge in [-0.2, -0.15) is 0 Å². The largest absolute Gasteiger partial charge is 0.480 e. The fourth-order valence-corrected chi connectivity index (χ4v) is 5.18. The summed E-state index contributed by atoms with van der Waals surface area (Å²) in [7, 11) is 0. The van der Waals surface area contributed by atoms with E-state index in [0.717, 1.165) is 0 Å². The Kier molecular flexibility index (Phi) is 18.8. The van der Waals surface area contributed by atoms with Crippen molar-refractivity contribution in [2.24, 2.45) is 5.73 Å². The third-order valence-electron chi connectivity index (χ3n) is 7.75. The lowest BCUT2D eigenvalue weighted by Crippen LogP contribution is -2.58. The number of unbranched alkanes of at least 4 members (excludes halogenated alkanes) is 1. The van der Waals surface area contributed by atoms with Gasteiger partial charge in [-0.3, -0.25) is 28.8 Å². The Balaban J connectivity index is 2.34. The number of alkyl carbamates (subject to hydrolysis) is 1. The molecular formula is C38H57N9O10. The van der Waals surface area contributed by atoms with Crippen molar-refractivity contribution >= 4 is 47.6 Å². The van der Waals surface area contributed by atoms with Crippen LogP contribution in [-0.4, -0.2) is 105 Å². The molecule has 0 saturated carbocycles. The van der Waals surface area contributed by atoms with E-state index in [9.17, 15) is 33.6 Å². The molecule has 0 aliphatic carbocycles. The fourth-order valence-electron chi connectivity index (χ4n) is 5.18. The third kappa shape index (κ3) is 20.1. The summed E-state index contributed by atoms with van der Waals surface area (Å²) >= 11 is 0. The van der Waals surface area contributed by atoms with Gasteiger partial charge in [0.2, 0.25) is 29.6 Å². The monoisotopic (exact) mass is 799 g/mol. The molecule has 19 heteroatoms. The summed E-state index contributed by atoms with van der Waals surface area (Å²) in [4.78, 5) is 98.1. The molecule has 1 heterocycles. The molecule has 4 atom stereocenters. The van der Waals surface area contributed by atoms with Crippen molar-refractivity contribution in [3.05, 3.63) is 53.9 Å². The topological polar surface area (TPSA) is 296 Å². The summed E-state index contributed by atoms with van der Waals surface area (Å²) < 4.78 is 10.5. The lowest BCUT2D eigenvalue weighted by molar-refractivity contribution is -0.156. The minimum absolute atomic E-state index is 0.00436. The number of hydrogen-bond donors (Lipinski definition) is 8. The quantitative estimate of drug-likeness (QED) is 0.0636. The van der Waals surface area contributed by atoms with Gasteiger partial charge in [-0.15, -0.1) is 0 Å². The second-order valence-electron chi connectivity index (χ2n) is 15.3. The van der Waals surface area contributed by atoms with Crippen LogP contribution < -0.4 is 38.1 Å². The molecular weight excluding hydrogens is 742 g/mol. The Labute approximate surface area is 332 Å². The van der Waals surface area contributed by atoms with E-state index < -0.39 is 90.0 Å². The number of aryl methyl sites for hydroxylation is 1. The van der Waals surface area contributed by atoms with Gasteiger partial charge in [-0.05, 0) is 85.3 Å². The zero-order chi connectivity index (χ0) is 42.8. The molecule has 2 rings (SSSR count). The van der Waals surface area contributed by atoms with Crippen molar-refractivity contribution in [3.8, 4) is 0 Å². The number of amides is 5. The molecule has 0 saturated heterocycles. The first-order valence-electron chi connectivity index (χ1n) is 18.6. The number of aromatic nitrogens is 2. The van der Waals surface area contributed by atoms with E-state index in [1.165, 1.54) is 6.20 Å². The maximum atomic E-state index is 14.0. The Morgan fingerprint density at radius 3 is 1.95 bits per heavy atom. The molecule has 5 amide bonds. The Morgan fingerprint density at radius 1 is 0.754 bits per heavy atom. The Morgan fingerprint density at radius 2 is 1.35 bits per heavy atom. The van der Waals surface area contributed by atoms with Crippen LogP contribution in [0.1, 0.15) is 84.9 Å². The number of carboxylic acid groups (broad SMARTS) is 1. The van der Waals surface area contributed by atoms with Crippen molar-refractivity contribution < 1.29 is 48.1 Å². The van der Waals surface area contributed by atoms with Crippen LogP contribution in [0, 0.1) is 0 Å². The molecule has 1 aromatic carbocycles. The highest BCUT2D eigenvalue weighted by Crippen LogP contribution is 2.12. The molecule has 0 fully saturated rings. The Bertz CT molecular complexity index is 1680. The van der Waals surface area contributed by atoms with Gasteiger partial charge in [0.25, 0.3) is 0 Å². The first-order valence-corrected chi connectivity index (χ1v) is 18.6. The van der Waals surface area contributed by atoms with Crippen LogP contribution in [0.5, 0.6) is 0 Å². The summed E-state index contributed by atoms with van der Waals surface area (Å²) in [5.41, 5.74) is 11.3. The van der Waals surface area contributed by atoms with Crippen molar-refractivity contribution in [1.29, 1.82) is 0 Å². The van der Waals surface area contributed by atoms with Crippen molar-refractivity contribution in [2.45, 2.75) is 122 Å². The van der Waals surface area contributed by atoms with Crippen LogP contribution in [-0.2, 0) is 51.1 Å². The first kappa shape index (κ1) is 47.3. The van der Waals surface area contributed by atoms with Crippen LogP contribution in [0.4, 0.5) is 10.7 Å². The van der Waals surface area contributed by atoms with E-state index in [4.69, 9.17) is 26.0 Å². The second kappa shape index (κ2) is 22.6. The van der Waals surface area contributed by atoms with Crippen LogP contribution in [0.15, 0.2) is 42.6 Å². The van der Waals surface area contributed by atoms with Crippen molar-refractivity contribution in [3.63, 3.8) is 0 Å². The summed E-state index contributed by atoms with van der Waals surface area (Å²) in [5.74, 6) is -5.19. The number of carbonyl (C=O) groups excluding carboxylic acids is 6. The maximum absolute atomic E-state index is 14.0. The molecule has 0 aliphatic heterocycles. The number of nitrogen functional groups attached to an aromatic ring is 1. The van der Waals surface area contributed by atoms with Crippen LogP contribution in [0.3, 0.4) is 0 Å². The predicted molar refractivity (Wildman–Crippen MR) is 208 cm³/mol. The number of carboxylic acids is 1. The molecule has 1 aromatic heterocycles. The van der Waals surface area contributed by atoms with Gasteiger partial charge in [-0.1, -0.05) is 30.3 Å². The SMILES string of the molecule is CC(C)(C)OC(=O)C[C@H](N)C(=O)N[C@@H](Cc1ccccc1)C(=O)N[C@H](CCCCNC(=O)OC(C)(C)C)C(=O)N[C@@H](CCc1ccnc(N)n1)C(=O)NCC(=O)O. The highest BCUT2D eigenvalue weighted by Gasteiger charge is 2.32. The number of anilines is 1. The van der Waals surface area contributed by atoms with E-state index in [2.05, 4.69) is 36.6 Å². The second-order valence-corrected chi connectivity index (χ2v) is 15.3. The fraction of sp³-hybridized carbons (Fsp3) is 0.553. The van der Waals surface area contributed by atoms with Crippen LogP contribution in [0.25, 0.3) is 0 Å². The van der Waals surface area contributed by atoms with Gasteiger partial charge in [0.1, 0.15) is 35.9 Å². The standard InChI is InChI=1S/C38H57N9O10/c1-37(2,3)56-30(50)21-25(39)31(51)47-28(20-23-12-8-7-9-13-23)34(54)45-26(14-10-11-18-42-36(55)57-38(4,5)6)33(53)46-27(32(52)43-22-29(48)49)16-15-24-17-19-41-35(40)44-24/h7-9,12-13,17,19,25-28H,10-11,14-16,18,20-22,39H2,1-6H3,(H,42,55)(H,43,52)(H,45,54)(H,46,53)(H,47,51)(H,48,49)(H2,40,41,44)/t25-,26+,27-,28-/m0/s1. The van der Waals surface area contributed by atoms with Gasteiger partial charge in [-0.25, -0.2) is 14.8 Å². The Hall–Kier alpha value is -5.85. The number of hydrogen-bond acceptors (Lipinski definition) is 13. The smallest absolute Gasteiger partial charge is 0.407 e. The number of ether oxygens (including phenoxy) is 2. The molecule has 19 nitrogen and oxygen atoms in total. The molecule has 57 heavy (non-hydrogen) atoms. The molecule has 0 spiro atoms. The average molecular weight is 800 g/mol. The number of esters is 1. The van der Waals surface area contributed by atoms with Crippen molar-refractivity contribution in [2.75, 3.05) is 18.8 Å². The number of benzene rings is 1. The van der Waals surface area contributed by atoms with E-state index in [1.54, 1.807) is 77.9 Å². The molecule has 2 aromatic rings. The molecule has 314 valence electrons. The maximum Gasteiger partial charge on any atom is 0.407 e. The van der Waals surface area contributed by atoms with Crippen molar-refractivity contribution in [1.82, 2.24) is 36.6 Å². The van der Waals surface area contributed by atoms with Gasteiger partial charge in [0, 0.05) is 24.9 Å². The number of rotatable bonds is 21. The summed E-state index contributed by atoms with van der Waals surface area (Å²) in [6.07, 6.45) is 1.09. The van der Waals surface area contributed by atoms with Crippen LogP contribution >= 0.6 is 0 Å². The molecule has 0 aliphatic rings. The van der Waals surface area contributed by atoms with E-state index >= 15 is 0 Å². The summed E-state index contributed by atoms with van der Waals surface area (Å²) in [6, 6.07) is 5.11. The molecule has 0 unspecified atom stereocenters. The number of nitrogens with zero attached hydrogens (tertiary/aromatic N) is 2. The van der Waals surface area contributed by atoms with E-state index in [1.807, 2.05) is 0 Å². The number of aliphatic carboxylic acids is 1. The zero-order valence-electron chi connectivity index (χ0n) is 33.4.